The number of rotatable bonds is 4. The number of alkyl halides is 7. The van der Waals surface area contributed by atoms with Crippen molar-refractivity contribution in [3.8, 4) is 5.75 Å². The lowest BCUT2D eigenvalue weighted by Gasteiger charge is -2.24. The first-order valence-corrected chi connectivity index (χ1v) is 5.37. The van der Waals surface area contributed by atoms with E-state index in [-0.39, 0.29) is 5.69 Å². The number of ether oxygens (including phenoxy) is 2. The number of benzene rings is 1. The highest BCUT2D eigenvalue weighted by atomic mass is 19.4. The minimum atomic E-state index is -5.63. The molecule has 0 spiro atoms. The van der Waals surface area contributed by atoms with Gasteiger partial charge in [0.1, 0.15) is 5.75 Å². The standard InChI is InChI=1S/C11H8F7NO3/c1-21-9(12,10(13,14)15)8(20)19-6-2-4-7(5-3-6)22-11(16,17)18/h2-5H,1H3,(H,19,20)/t9-/m0/s1. The average Bonchev–Trinajstić information content (AvgIpc) is 2.36. The highest BCUT2D eigenvalue weighted by Crippen LogP contribution is 2.35. The van der Waals surface area contributed by atoms with Crippen molar-refractivity contribution >= 4 is 11.6 Å². The number of methoxy groups -OCH3 is 1. The predicted molar refractivity (Wildman–Crippen MR) is 58.7 cm³/mol. The van der Waals surface area contributed by atoms with Gasteiger partial charge >= 0.3 is 18.4 Å². The lowest BCUT2D eigenvalue weighted by atomic mass is 10.2. The molecule has 1 aromatic rings. The normalized spacial score (nSPS) is 15.1. The Bertz CT molecular complexity index is 526. The second-order valence-electron chi connectivity index (χ2n) is 3.82. The van der Waals surface area contributed by atoms with Crippen LogP contribution < -0.4 is 10.1 Å². The lowest BCUT2D eigenvalue weighted by Crippen LogP contribution is -2.52. The van der Waals surface area contributed by atoms with E-state index in [1.807, 2.05) is 0 Å². The molecule has 0 aliphatic heterocycles. The molecule has 0 saturated carbocycles. The maximum Gasteiger partial charge on any atom is 0.573 e. The van der Waals surface area contributed by atoms with Crippen LogP contribution in [0.2, 0.25) is 0 Å². The monoisotopic (exact) mass is 335 g/mol. The van der Waals surface area contributed by atoms with Crippen LogP contribution in [0, 0.1) is 0 Å². The number of halogens is 7. The molecule has 11 heteroatoms. The van der Waals surface area contributed by atoms with Gasteiger partial charge in [-0.05, 0) is 24.3 Å². The van der Waals surface area contributed by atoms with Gasteiger partial charge in [-0.25, -0.2) is 0 Å². The second-order valence-corrected chi connectivity index (χ2v) is 3.82. The van der Waals surface area contributed by atoms with Crippen LogP contribution in [0.1, 0.15) is 0 Å². The van der Waals surface area contributed by atoms with Crippen molar-refractivity contribution in [2.45, 2.75) is 18.4 Å². The van der Waals surface area contributed by atoms with E-state index >= 15 is 0 Å². The summed E-state index contributed by atoms with van der Waals surface area (Å²) in [6, 6.07) is 3.05. The van der Waals surface area contributed by atoms with Crippen LogP contribution in [0.5, 0.6) is 5.75 Å². The molecule has 1 atom stereocenters. The van der Waals surface area contributed by atoms with Crippen LogP contribution in [0.3, 0.4) is 0 Å². The maximum atomic E-state index is 13.5. The van der Waals surface area contributed by atoms with E-state index in [2.05, 4.69) is 9.47 Å². The zero-order valence-corrected chi connectivity index (χ0v) is 10.7. The van der Waals surface area contributed by atoms with Crippen LogP contribution in [0.25, 0.3) is 0 Å². The first kappa shape index (κ1) is 18.0. The number of carbonyl (C=O) groups is 1. The Morgan fingerprint density at radius 3 is 1.86 bits per heavy atom. The van der Waals surface area contributed by atoms with Crippen LogP contribution in [0.15, 0.2) is 24.3 Å². The van der Waals surface area contributed by atoms with E-state index in [4.69, 9.17) is 0 Å². The third-order valence-electron chi connectivity index (χ3n) is 2.28. The van der Waals surface area contributed by atoms with E-state index in [1.165, 1.54) is 5.32 Å². The molecule has 1 N–H and O–H groups in total. The van der Waals surface area contributed by atoms with Gasteiger partial charge in [0.25, 0.3) is 5.91 Å². The Morgan fingerprint density at radius 2 is 1.50 bits per heavy atom. The molecule has 0 saturated heterocycles. The molecule has 1 amide bonds. The summed E-state index contributed by atoms with van der Waals surface area (Å²) in [7, 11) is 0.341. The van der Waals surface area contributed by atoms with Crippen LogP contribution in [-0.2, 0) is 9.53 Å². The first-order valence-electron chi connectivity index (χ1n) is 5.37. The molecule has 1 aromatic carbocycles. The van der Waals surface area contributed by atoms with E-state index in [0.29, 0.717) is 7.11 Å². The summed E-state index contributed by atoms with van der Waals surface area (Å²) in [5, 5.41) is 1.53. The number of hydrogen-bond donors (Lipinski definition) is 1. The van der Waals surface area contributed by atoms with Gasteiger partial charge in [0.2, 0.25) is 0 Å². The number of hydrogen-bond acceptors (Lipinski definition) is 3. The Morgan fingerprint density at radius 1 is 1.00 bits per heavy atom. The third-order valence-corrected chi connectivity index (χ3v) is 2.28. The summed E-state index contributed by atoms with van der Waals surface area (Å²) in [6.45, 7) is 0. The molecule has 0 heterocycles. The molecule has 4 nitrogen and oxygen atoms in total. The molecule has 0 fully saturated rings. The van der Waals surface area contributed by atoms with Gasteiger partial charge in [-0.1, -0.05) is 0 Å². The van der Waals surface area contributed by atoms with Crippen molar-refractivity contribution in [2.75, 3.05) is 12.4 Å². The summed E-state index contributed by atoms with van der Waals surface area (Å²) >= 11 is 0. The Labute approximate surface area is 118 Å². The third kappa shape index (κ3) is 4.23. The number of anilines is 1. The first-order chi connectivity index (χ1) is 9.89. The Hall–Kier alpha value is -2.04. The van der Waals surface area contributed by atoms with Gasteiger partial charge in [-0.2, -0.15) is 17.6 Å². The van der Waals surface area contributed by atoms with Crippen molar-refractivity contribution in [1.82, 2.24) is 0 Å². The zero-order chi connectivity index (χ0) is 17.2. The summed E-state index contributed by atoms with van der Waals surface area (Å²) < 4.78 is 93.4. The molecule has 0 aliphatic rings. The molecular formula is C11H8F7NO3. The minimum absolute atomic E-state index is 0.341. The molecular weight excluding hydrogens is 327 g/mol. The highest BCUT2D eigenvalue weighted by molar-refractivity contribution is 5.96. The van der Waals surface area contributed by atoms with Crippen molar-refractivity contribution < 1.29 is 45.0 Å². The van der Waals surface area contributed by atoms with Crippen LogP contribution >= 0.6 is 0 Å². The molecule has 124 valence electrons. The topological polar surface area (TPSA) is 47.6 Å². The molecule has 0 bridgehead atoms. The number of nitrogens with one attached hydrogen (secondary N) is 1. The van der Waals surface area contributed by atoms with Gasteiger partial charge in [0.15, 0.2) is 0 Å². The zero-order valence-electron chi connectivity index (χ0n) is 10.7. The largest absolute Gasteiger partial charge is 0.573 e. The Balaban J connectivity index is 2.85. The van der Waals surface area contributed by atoms with E-state index in [9.17, 15) is 35.5 Å². The predicted octanol–water partition coefficient (Wildman–Crippen LogP) is 3.40. The fourth-order valence-electron chi connectivity index (χ4n) is 1.29. The van der Waals surface area contributed by atoms with Crippen LogP contribution in [0.4, 0.5) is 36.4 Å². The number of amides is 1. The maximum absolute atomic E-state index is 13.5. The number of carbonyl (C=O) groups excluding carboxylic acids is 1. The molecule has 0 radical (unpaired) electrons. The van der Waals surface area contributed by atoms with E-state index in [1.54, 1.807) is 0 Å². The summed E-state index contributed by atoms with van der Waals surface area (Å²) in [4.78, 5) is 11.3. The van der Waals surface area contributed by atoms with Gasteiger partial charge < -0.3 is 14.8 Å². The quantitative estimate of drug-likeness (QED) is 0.858. The minimum Gasteiger partial charge on any atom is -0.406 e. The smallest absolute Gasteiger partial charge is 0.406 e. The van der Waals surface area contributed by atoms with E-state index < -0.39 is 30.1 Å². The average molecular weight is 335 g/mol. The summed E-state index contributed by atoms with van der Waals surface area (Å²) in [5.74, 6) is -7.43. The molecule has 1 rings (SSSR count). The van der Waals surface area contributed by atoms with Crippen molar-refractivity contribution in [2.24, 2.45) is 0 Å². The van der Waals surface area contributed by atoms with Gasteiger partial charge in [0, 0.05) is 12.8 Å². The highest BCUT2D eigenvalue weighted by Gasteiger charge is 2.63. The Kier molecular flexibility index (Phi) is 4.90. The van der Waals surface area contributed by atoms with Gasteiger partial charge in [-0.3, -0.25) is 4.79 Å². The van der Waals surface area contributed by atoms with Crippen molar-refractivity contribution in [3.63, 3.8) is 0 Å². The molecule has 0 unspecified atom stereocenters. The van der Waals surface area contributed by atoms with E-state index in [0.717, 1.165) is 24.3 Å². The van der Waals surface area contributed by atoms with Crippen molar-refractivity contribution in [1.29, 1.82) is 0 Å². The van der Waals surface area contributed by atoms with Gasteiger partial charge in [-0.15, -0.1) is 13.2 Å². The summed E-state index contributed by atoms with van der Waals surface area (Å²) in [6.07, 6.45) is -10.6. The summed E-state index contributed by atoms with van der Waals surface area (Å²) in [5.41, 5.74) is -0.386. The van der Waals surface area contributed by atoms with Crippen LogP contribution in [-0.4, -0.2) is 31.4 Å². The molecule has 0 aliphatic carbocycles. The van der Waals surface area contributed by atoms with Crippen molar-refractivity contribution in [3.05, 3.63) is 24.3 Å². The van der Waals surface area contributed by atoms with Gasteiger partial charge in [0.05, 0.1) is 0 Å². The fourth-order valence-corrected chi connectivity index (χ4v) is 1.29. The fraction of sp³-hybridized carbons (Fsp3) is 0.364. The SMILES string of the molecule is CO[C@@](F)(C(=O)Nc1ccc(OC(F)(F)F)cc1)C(F)(F)F. The second kappa shape index (κ2) is 5.99. The molecule has 22 heavy (non-hydrogen) atoms. The molecule has 0 aromatic heterocycles. The lowest BCUT2D eigenvalue weighted by molar-refractivity contribution is -0.305.